The maximum Gasteiger partial charge on any atom is 0.337 e. The van der Waals surface area contributed by atoms with Gasteiger partial charge in [-0.15, -0.1) is 0 Å². The molecule has 6 heteroatoms. The van der Waals surface area contributed by atoms with Gasteiger partial charge in [-0.2, -0.15) is 0 Å². The second-order valence-electron chi connectivity index (χ2n) is 4.34. The van der Waals surface area contributed by atoms with E-state index in [0.717, 1.165) is 12.8 Å². The van der Waals surface area contributed by atoms with Crippen LogP contribution in [0.2, 0.25) is 0 Å². The van der Waals surface area contributed by atoms with Gasteiger partial charge in [0.25, 0.3) is 0 Å². The van der Waals surface area contributed by atoms with Crippen molar-refractivity contribution in [3.63, 3.8) is 0 Å². The second kappa shape index (κ2) is 5.07. The maximum absolute atomic E-state index is 11.7. The van der Waals surface area contributed by atoms with Crippen LogP contribution in [0.5, 0.6) is 0 Å². The van der Waals surface area contributed by atoms with Gasteiger partial charge in [-0.25, -0.2) is 17.9 Å². The number of ether oxygens (including phenoxy) is 1. The summed E-state index contributed by atoms with van der Waals surface area (Å²) in [7, 11) is -1.97. The Balaban J connectivity index is 2.03. The van der Waals surface area contributed by atoms with Gasteiger partial charge in [-0.1, -0.05) is 12.1 Å². The molecule has 5 nitrogen and oxygen atoms in total. The van der Waals surface area contributed by atoms with Crippen molar-refractivity contribution in [2.24, 2.45) is 0 Å². The third-order valence-electron chi connectivity index (χ3n) is 2.66. The predicted octanol–water partition coefficient (Wildman–Crippen LogP) is 1.05. The van der Waals surface area contributed by atoms with Gasteiger partial charge in [-0.3, -0.25) is 0 Å². The van der Waals surface area contributed by atoms with Gasteiger partial charge in [0.1, 0.15) is 0 Å². The zero-order valence-electron chi connectivity index (χ0n) is 10.0. The molecule has 1 aromatic rings. The highest BCUT2D eigenvalue weighted by Crippen LogP contribution is 2.20. The number of hydrogen-bond acceptors (Lipinski definition) is 4. The fourth-order valence-electron chi connectivity index (χ4n) is 1.57. The molecule has 0 radical (unpaired) electrons. The lowest BCUT2D eigenvalue weighted by atomic mass is 10.1. The average Bonchev–Trinajstić information content (AvgIpc) is 3.11. The topological polar surface area (TPSA) is 72.5 Å². The second-order valence-corrected chi connectivity index (χ2v) is 6.09. The standard InChI is InChI=1S/C12H15NO4S/c1-17-12(14)10-4-2-9(3-5-10)8-18(15,16)13-11-6-7-11/h2-5,11,13H,6-8H2,1H3. The number of esters is 1. The summed E-state index contributed by atoms with van der Waals surface area (Å²) < 4.78 is 30.6. The van der Waals surface area contributed by atoms with Crippen LogP contribution in [0.1, 0.15) is 28.8 Å². The normalized spacial score (nSPS) is 15.4. The number of hydrogen-bond donors (Lipinski definition) is 1. The Labute approximate surface area is 106 Å². The molecule has 0 bridgehead atoms. The zero-order valence-corrected chi connectivity index (χ0v) is 10.9. The molecule has 0 aromatic heterocycles. The van der Waals surface area contributed by atoms with Crippen LogP contribution < -0.4 is 4.72 Å². The summed E-state index contributed by atoms with van der Waals surface area (Å²) in [4.78, 5) is 11.2. The van der Waals surface area contributed by atoms with E-state index >= 15 is 0 Å². The van der Waals surface area contributed by atoms with Crippen molar-refractivity contribution in [3.05, 3.63) is 35.4 Å². The molecular weight excluding hydrogens is 254 g/mol. The van der Waals surface area contributed by atoms with E-state index in [9.17, 15) is 13.2 Å². The molecule has 98 valence electrons. The highest BCUT2D eigenvalue weighted by atomic mass is 32.2. The van der Waals surface area contributed by atoms with E-state index < -0.39 is 16.0 Å². The largest absolute Gasteiger partial charge is 0.465 e. The number of carbonyl (C=O) groups excluding carboxylic acids is 1. The van der Waals surface area contributed by atoms with Crippen LogP contribution in [-0.2, 0) is 20.5 Å². The van der Waals surface area contributed by atoms with Crippen molar-refractivity contribution < 1.29 is 17.9 Å². The first-order chi connectivity index (χ1) is 8.50. The van der Waals surface area contributed by atoms with Crippen molar-refractivity contribution in [2.45, 2.75) is 24.6 Å². The van der Waals surface area contributed by atoms with Gasteiger partial charge in [0.2, 0.25) is 10.0 Å². The minimum atomic E-state index is -3.28. The number of nitrogens with one attached hydrogen (secondary N) is 1. The molecule has 1 N–H and O–H groups in total. The van der Waals surface area contributed by atoms with Gasteiger partial charge >= 0.3 is 5.97 Å². The lowest BCUT2D eigenvalue weighted by Gasteiger charge is -2.06. The summed E-state index contributed by atoms with van der Waals surface area (Å²) in [5, 5.41) is 0. The first-order valence-corrected chi connectivity index (χ1v) is 7.32. The average molecular weight is 269 g/mol. The van der Waals surface area contributed by atoms with E-state index in [1.54, 1.807) is 24.3 Å². The predicted molar refractivity (Wildman–Crippen MR) is 66.6 cm³/mol. The molecule has 0 aliphatic heterocycles. The third-order valence-corrected chi connectivity index (χ3v) is 4.06. The van der Waals surface area contributed by atoms with E-state index in [1.165, 1.54) is 7.11 Å². The Morgan fingerprint density at radius 3 is 2.44 bits per heavy atom. The van der Waals surface area contributed by atoms with Crippen LogP contribution in [-0.4, -0.2) is 27.5 Å². The van der Waals surface area contributed by atoms with E-state index in [4.69, 9.17) is 0 Å². The smallest absolute Gasteiger partial charge is 0.337 e. The van der Waals surface area contributed by atoms with Crippen LogP contribution in [0.3, 0.4) is 0 Å². The lowest BCUT2D eigenvalue weighted by Crippen LogP contribution is -2.27. The number of sulfonamides is 1. The summed E-state index contributed by atoms with van der Waals surface area (Å²) >= 11 is 0. The lowest BCUT2D eigenvalue weighted by molar-refractivity contribution is 0.0600. The molecule has 1 saturated carbocycles. The van der Waals surface area contributed by atoms with Crippen molar-refractivity contribution >= 4 is 16.0 Å². The molecule has 0 atom stereocenters. The molecule has 1 aliphatic carbocycles. The van der Waals surface area contributed by atoms with Crippen molar-refractivity contribution in [2.75, 3.05) is 7.11 Å². The fraction of sp³-hybridized carbons (Fsp3) is 0.417. The molecule has 1 aromatic carbocycles. The van der Waals surface area contributed by atoms with E-state index in [-0.39, 0.29) is 11.8 Å². The Morgan fingerprint density at radius 2 is 1.94 bits per heavy atom. The molecule has 2 rings (SSSR count). The minimum Gasteiger partial charge on any atom is -0.465 e. The van der Waals surface area contributed by atoms with E-state index in [0.29, 0.717) is 11.1 Å². The van der Waals surface area contributed by atoms with Crippen molar-refractivity contribution in [1.82, 2.24) is 4.72 Å². The van der Waals surface area contributed by atoms with Gasteiger partial charge in [0.15, 0.2) is 0 Å². The first-order valence-electron chi connectivity index (χ1n) is 5.67. The Hall–Kier alpha value is -1.40. The molecular formula is C12H15NO4S. The van der Waals surface area contributed by atoms with Crippen LogP contribution in [0.4, 0.5) is 0 Å². The van der Waals surface area contributed by atoms with Gasteiger partial charge in [0, 0.05) is 6.04 Å². The van der Waals surface area contributed by atoms with Gasteiger partial charge < -0.3 is 4.74 Å². The van der Waals surface area contributed by atoms with E-state index in [1.807, 2.05) is 0 Å². The van der Waals surface area contributed by atoms with Crippen LogP contribution in [0.15, 0.2) is 24.3 Å². The molecule has 0 spiro atoms. The van der Waals surface area contributed by atoms with Crippen molar-refractivity contribution in [1.29, 1.82) is 0 Å². The van der Waals surface area contributed by atoms with Crippen molar-refractivity contribution in [3.8, 4) is 0 Å². The Kier molecular flexibility index (Phi) is 3.68. The number of rotatable bonds is 5. The highest BCUT2D eigenvalue weighted by Gasteiger charge is 2.26. The Bertz CT molecular complexity index is 532. The SMILES string of the molecule is COC(=O)c1ccc(CS(=O)(=O)NC2CC2)cc1. The summed E-state index contributed by atoms with van der Waals surface area (Å²) in [5.74, 6) is -0.495. The summed E-state index contributed by atoms with van der Waals surface area (Å²) in [6.45, 7) is 0. The molecule has 0 saturated heterocycles. The molecule has 1 aliphatic rings. The van der Waals surface area contributed by atoms with Gasteiger partial charge in [-0.05, 0) is 30.5 Å². The summed E-state index contributed by atoms with van der Waals surface area (Å²) in [6.07, 6.45) is 1.83. The maximum atomic E-state index is 11.7. The quantitative estimate of drug-likeness (QED) is 0.811. The number of methoxy groups -OCH3 is 1. The van der Waals surface area contributed by atoms with Crippen LogP contribution >= 0.6 is 0 Å². The Morgan fingerprint density at radius 1 is 1.33 bits per heavy atom. The highest BCUT2D eigenvalue weighted by molar-refractivity contribution is 7.88. The molecule has 0 heterocycles. The van der Waals surface area contributed by atoms with Gasteiger partial charge in [0.05, 0.1) is 18.4 Å². The fourth-order valence-corrected chi connectivity index (χ4v) is 3.03. The third kappa shape index (κ3) is 3.54. The zero-order chi connectivity index (χ0) is 13.2. The molecule has 0 amide bonds. The van der Waals surface area contributed by atoms with Crippen LogP contribution in [0.25, 0.3) is 0 Å². The summed E-state index contributed by atoms with van der Waals surface area (Å²) in [5.41, 5.74) is 1.06. The summed E-state index contributed by atoms with van der Waals surface area (Å²) in [6, 6.07) is 6.49. The molecule has 1 fully saturated rings. The number of benzene rings is 1. The minimum absolute atomic E-state index is 0.0645. The van der Waals surface area contributed by atoms with Crippen LogP contribution in [0, 0.1) is 0 Å². The van der Waals surface area contributed by atoms with E-state index in [2.05, 4.69) is 9.46 Å². The molecule has 0 unspecified atom stereocenters. The molecule has 18 heavy (non-hydrogen) atoms. The first kappa shape index (κ1) is 13.0. The number of carbonyl (C=O) groups is 1. The monoisotopic (exact) mass is 269 g/mol.